The fraction of sp³-hybridized carbons (Fsp3) is 0.444. The number of hydrogen-bond donors (Lipinski definition) is 1. The van der Waals surface area contributed by atoms with Crippen molar-refractivity contribution >= 4 is 22.8 Å². The molecule has 0 unspecified atom stereocenters. The summed E-state index contributed by atoms with van der Waals surface area (Å²) in [6, 6.07) is 6.48. The number of carbonyl (C=O) groups is 2. The van der Waals surface area contributed by atoms with Gasteiger partial charge in [-0.1, -0.05) is 0 Å². The number of likely N-dealkylation sites (tertiary alicyclic amines) is 1. The molecule has 1 saturated heterocycles. The second kappa shape index (κ2) is 7.14. The van der Waals surface area contributed by atoms with Gasteiger partial charge in [0.1, 0.15) is 11.7 Å². The van der Waals surface area contributed by atoms with Crippen molar-refractivity contribution in [1.82, 2.24) is 19.8 Å². The molecule has 2 aromatic heterocycles. The topological polar surface area (TPSA) is 92.4 Å². The molecule has 1 aliphatic heterocycles. The molecule has 0 spiro atoms. The highest BCUT2D eigenvalue weighted by atomic mass is 16.2. The van der Waals surface area contributed by atoms with Crippen LogP contribution in [0.15, 0.2) is 30.5 Å². The van der Waals surface area contributed by atoms with Gasteiger partial charge in [-0.05, 0) is 44.5 Å². The maximum atomic E-state index is 13.0. The second-order valence-corrected chi connectivity index (χ2v) is 6.23. The molecule has 0 bridgehead atoms. The smallest absolute Gasteiger partial charge is 0.273 e. The van der Waals surface area contributed by atoms with Crippen LogP contribution in [-0.4, -0.2) is 63.3 Å². The van der Waals surface area contributed by atoms with E-state index in [2.05, 4.69) is 9.97 Å². The minimum absolute atomic E-state index is 0.0507. The number of rotatable bonds is 4. The second-order valence-electron chi connectivity index (χ2n) is 6.23. The first-order chi connectivity index (χ1) is 12.0. The Morgan fingerprint density at radius 3 is 2.76 bits per heavy atom. The fourth-order valence-electron chi connectivity index (χ4n) is 3.29. The minimum Gasteiger partial charge on any atom is -0.341 e. The lowest BCUT2D eigenvalue weighted by Gasteiger charge is -2.28. The summed E-state index contributed by atoms with van der Waals surface area (Å²) in [6.45, 7) is 5.44. The van der Waals surface area contributed by atoms with Crippen LogP contribution in [0.4, 0.5) is 0 Å². The lowest BCUT2D eigenvalue weighted by Crippen LogP contribution is -2.47. The van der Waals surface area contributed by atoms with Gasteiger partial charge in [0.2, 0.25) is 5.91 Å². The van der Waals surface area contributed by atoms with E-state index < -0.39 is 6.04 Å². The summed E-state index contributed by atoms with van der Waals surface area (Å²) in [6.07, 6.45) is 2.12. The van der Waals surface area contributed by atoms with Crippen LogP contribution >= 0.6 is 0 Å². The average molecular weight is 341 g/mol. The van der Waals surface area contributed by atoms with Crippen molar-refractivity contribution < 1.29 is 9.59 Å². The Balaban J connectivity index is 1.88. The number of likely N-dealkylation sites (N-methyl/N-ethyl adjacent to an activating group) is 1. The van der Waals surface area contributed by atoms with Crippen LogP contribution in [0, 0.1) is 0 Å². The molecule has 2 atom stereocenters. The van der Waals surface area contributed by atoms with Gasteiger partial charge in [-0.25, -0.2) is 9.97 Å². The van der Waals surface area contributed by atoms with E-state index in [0.29, 0.717) is 31.7 Å². The Kier molecular flexibility index (Phi) is 4.94. The first kappa shape index (κ1) is 17.3. The summed E-state index contributed by atoms with van der Waals surface area (Å²) >= 11 is 0. The molecule has 132 valence electrons. The van der Waals surface area contributed by atoms with E-state index >= 15 is 0 Å². The molecule has 25 heavy (non-hydrogen) atoms. The fourth-order valence-corrected chi connectivity index (χ4v) is 3.29. The zero-order valence-electron chi connectivity index (χ0n) is 14.6. The van der Waals surface area contributed by atoms with E-state index in [1.54, 1.807) is 22.1 Å². The highest BCUT2D eigenvalue weighted by Crippen LogP contribution is 2.22. The van der Waals surface area contributed by atoms with E-state index in [4.69, 9.17) is 5.73 Å². The van der Waals surface area contributed by atoms with Crippen LogP contribution in [-0.2, 0) is 4.79 Å². The van der Waals surface area contributed by atoms with Crippen LogP contribution in [0.5, 0.6) is 0 Å². The highest BCUT2D eigenvalue weighted by molar-refractivity contribution is 5.98. The molecule has 2 amide bonds. The van der Waals surface area contributed by atoms with Crippen molar-refractivity contribution in [3.8, 4) is 0 Å². The molecule has 0 saturated carbocycles. The zero-order chi connectivity index (χ0) is 18.0. The summed E-state index contributed by atoms with van der Waals surface area (Å²) in [5.74, 6) is -0.323. The molecular weight excluding hydrogens is 318 g/mol. The van der Waals surface area contributed by atoms with Gasteiger partial charge >= 0.3 is 0 Å². The Labute approximate surface area is 146 Å². The first-order valence-electron chi connectivity index (χ1n) is 8.62. The van der Waals surface area contributed by atoms with E-state index in [-0.39, 0.29) is 23.6 Å². The van der Waals surface area contributed by atoms with Gasteiger partial charge in [0.25, 0.3) is 5.91 Å². The molecule has 0 aromatic carbocycles. The third-order valence-corrected chi connectivity index (χ3v) is 4.64. The van der Waals surface area contributed by atoms with E-state index in [1.165, 1.54) is 0 Å². The molecule has 0 aliphatic carbocycles. The van der Waals surface area contributed by atoms with Crippen LogP contribution < -0.4 is 5.73 Å². The Hall–Kier alpha value is -2.54. The molecule has 0 radical (unpaired) electrons. The van der Waals surface area contributed by atoms with E-state index in [0.717, 1.165) is 5.39 Å². The van der Waals surface area contributed by atoms with Crippen LogP contribution in [0.2, 0.25) is 0 Å². The van der Waals surface area contributed by atoms with Crippen molar-refractivity contribution in [3.63, 3.8) is 0 Å². The number of nitrogens with zero attached hydrogens (tertiary/aromatic N) is 4. The SMILES string of the molecule is CCN(CC)C(=O)[C@@H]1C[C@H](N)CN1C(=O)c1ccc2cccnc2n1. The van der Waals surface area contributed by atoms with Crippen molar-refractivity contribution in [2.24, 2.45) is 5.73 Å². The van der Waals surface area contributed by atoms with Gasteiger partial charge in [0, 0.05) is 37.3 Å². The van der Waals surface area contributed by atoms with Gasteiger partial charge < -0.3 is 15.5 Å². The number of carbonyl (C=O) groups excluding carboxylic acids is 2. The van der Waals surface area contributed by atoms with Crippen molar-refractivity contribution in [2.75, 3.05) is 19.6 Å². The molecule has 3 rings (SSSR count). The molecule has 1 fully saturated rings. The highest BCUT2D eigenvalue weighted by Gasteiger charge is 2.40. The lowest BCUT2D eigenvalue weighted by molar-refractivity contribution is -0.134. The quantitative estimate of drug-likeness (QED) is 0.897. The average Bonchev–Trinajstić information content (AvgIpc) is 3.03. The van der Waals surface area contributed by atoms with Crippen LogP contribution in [0.1, 0.15) is 30.8 Å². The molecule has 7 nitrogen and oxygen atoms in total. The molecule has 3 heterocycles. The summed E-state index contributed by atoms with van der Waals surface area (Å²) in [7, 11) is 0. The first-order valence-corrected chi connectivity index (χ1v) is 8.62. The number of amides is 2. The van der Waals surface area contributed by atoms with Gasteiger partial charge in [-0.15, -0.1) is 0 Å². The third kappa shape index (κ3) is 3.32. The zero-order valence-corrected chi connectivity index (χ0v) is 14.6. The minimum atomic E-state index is -0.524. The van der Waals surface area contributed by atoms with E-state index in [9.17, 15) is 9.59 Å². The number of fused-ring (bicyclic) bond motifs is 1. The number of pyridine rings is 2. The Morgan fingerprint density at radius 1 is 1.28 bits per heavy atom. The summed E-state index contributed by atoms with van der Waals surface area (Å²) < 4.78 is 0. The molecule has 7 heteroatoms. The largest absolute Gasteiger partial charge is 0.341 e. The Bertz CT molecular complexity index is 790. The summed E-state index contributed by atoms with van der Waals surface area (Å²) in [5, 5.41) is 0.868. The maximum Gasteiger partial charge on any atom is 0.273 e. The standard InChI is InChI=1S/C18H23N5O2/c1-3-22(4-2)18(25)15-10-13(19)11-23(15)17(24)14-8-7-12-6-5-9-20-16(12)21-14/h5-9,13,15H,3-4,10-11,19H2,1-2H3/t13-,15-/m0/s1. The van der Waals surface area contributed by atoms with Gasteiger partial charge in [0.05, 0.1) is 0 Å². The normalized spacial score (nSPS) is 20.0. The van der Waals surface area contributed by atoms with Gasteiger partial charge in [-0.2, -0.15) is 0 Å². The molecular formula is C18H23N5O2. The lowest BCUT2D eigenvalue weighted by atomic mass is 10.1. The van der Waals surface area contributed by atoms with Crippen molar-refractivity contribution in [2.45, 2.75) is 32.4 Å². The number of nitrogens with two attached hydrogens (primary N) is 1. The predicted octanol–water partition coefficient (Wildman–Crippen LogP) is 1.04. The number of aromatic nitrogens is 2. The summed E-state index contributed by atoms with van der Waals surface area (Å²) in [5.41, 5.74) is 6.85. The van der Waals surface area contributed by atoms with Crippen molar-refractivity contribution in [1.29, 1.82) is 0 Å². The summed E-state index contributed by atoms with van der Waals surface area (Å²) in [4.78, 5) is 37.6. The van der Waals surface area contributed by atoms with Crippen LogP contribution in [0.25, 0.3) is 11.0 Å². The van der Waals surface area contributed by atoms with Crippen LogP contribution in [0.3, 0.4) is 0 Å². The number of hydrogen-bond acceptors (Lipinski definition) is 5. The third-order valence-electron chi connectivity index (χ3n) is 4.64. The predicted molar refractivity (Wildman–Crippen MR) is 94.9 cm³/mol. The molecule has 2 aromatic rings. The molecule has 2 N–H and O–H groups in total. The van der Waals surface area contributed by atoms with Gasteiger partial charge in [0.15, 0.2) is 5.65 Å². The van der Waals surface area contributed by atoms with Crippen molar-refractivity contribution in [3.05, 3.63) is 36.2 Å². The Morgan fingerprint density at radius 2 is 2.04 bits per heavy atom. The monoisotopic (exact) mass is 341 g/mol. The van der Waals surface area contributed by atoms with Gasteiger partial charge in [-0.3, -0.25) is 9.59 Å². The maximum absolute atomic E-state index is 13.0. The molecule has 1 aliphatic rings. The van der Waals surface area contributed by atoms with E-state index in [1.807, 2.05) is 32.0 Å².